The summed E-state index contributed by atoms with van der Waals surface area (Å²) in [7, 11) is 1.68. The van der Waals surface area contributed by atoms with Gasteiger partial charge in [0.25, 0.3) is 0 Å². The third-order valence-corrected chi connectivity index (χ3v) is 3.15. The molecule has 1 saturated heterocycles. The van der Waals surface area contributed by atoms with E-state index in [1.165, 1.54) is 0 Å². The molecule has 1 aromatic carbocycles. The summed E-state index contributed by atoms with van der Waals surface area (Å²) in [4.78, 5) is 11.8. The maximum Gasteiger partial charge on any atom is 0.237 e. The van der Waals surface area contributed by atoms with Crippen molar-refractivity contribution in [2.45, 2.75) is 32.0 Å². The molecule has 0 spiro atoms. The zero-order chi connectivity index (χ0) is 12.8. The summed E-state index contributed by atoms with van der Waals surface area (Å²) in [5.74, 6) is 0.102. The van der Waals surface area contributed by atoms with Gasteiger partial charge >= 0.3 is 0 Å². The minimum Gasteiger partial charge on any atom is -0.380 e. The molecule has 0 aromatic heterocycles. The molecule has 0 radical (unpaired) electrons. The molecule has 1 fully saturated rings. The van der Waals surface area contributed by atoms with Crippen LogP contribution in [-0.4, -0.2) is 25.6 Å². The Balaban J connectivity index is 1.85. The van der Waals surface area contributed by atoms with E-state index >= 15 is 0 Å². The smallest absolute Gasteiger partial charge is 0.237 e. The number of hydrogen-bond donors (Lipinski definition) is 2. The predicted molar refractivity (Wildman–Crippen MR) is 70.0 cm³/mol. The van der Waals surface area contributed by atoms with Gasteiger partial charge in [0, 0.05) is 13.7 Å². The SMILES string of the molecule is COCc1cccc(CNC(=O)[C@H]2CCCN2)c1. The fraction of sp³-hybridized carbons (Fsp3) is 0.500. The summed E-state index contributed by atoms with van der Waals surface area (Å²) in [6, 6.07) is 8.08. The maximum atomic E-state index is 11.8. The standard InChI is InChI=1S/C14H20N2O2/c1-18-10-12-5-2-4-11(8-12)9-16-14(17)13-6-3-7-15-13/h2,4-5,8,13,15H,3,6-7,9-10H2,1H3,(H,16,17)/t13-/m1/s1. The van der Waals surface area contributed by atoms with Crippen LogP contribution in [0.25, 0.3) is 0 Å². The van der Waals surface area contributed by atoms with E-state index in [2.05, 4.69) is 16.7 Å². The van der Waals surface area contributed by atoms with Crippen LogP contribution in [0.4, 0.5) is 0 Å². The summed E-state index contributed by atoms with van der Waals surface area (Å²) in [6.45, 7) is 2.13. The van der Waals surface area contributed by atoms with Crippen molar-refractivity contribution < 1.29 is 9.53 Å². The summed E-state index contributed by atoms with van der Waals surface area (Å²) in [6.07, 6.45) is 2.02. The minimum atomic E-state index is -0.00726. The third-order valence-electron chi connectivity index (χ3n) is 3.15. The molecule has 18 heavy (non-hydrogen) atoms. The van der Waals surface area contributed by atoms with E-state index in [0.717, 1.165) is 30.5 Å². The highest BCUT2D eigenvalue weighted by Crippen LogP contribution is 2.08. The Bertz CT molecular complexity index is 401. The van der Waals surface area contributed by atoms with Gasteiger partial charge in [0.05, 0.1) is 12.6 Å². The molecule has 1 heterocycles. The molecule has 1 aliphatic heterocycles. The van der Waals surface area contributed by atoms with Crippen molar-refractivity contribution in [1.82, 2.24) is 10.6 Å². The summed E-state index contributed by atoms with van der Waals surface area (Å²) in [5.41, 5.74) is 2.24. The molecule has 0 aliphatic carbocycles. The number of methoxy groups -OCH3 is 1. The highest BCUT2D eigenvalue weighted by Gasteiger charge is 2.21. The van der Waals surface area contributed by atoms with Gasteiger partial charge in [-0.3, -0.25) is 4.79 Å². The minimum absolute atomic E-state index is 0.00726. The largest absolute Gasteiger partial charge is 0.380 e. The molecule has 0 bridgehead atoms. The highest BCUT2D eigenvalue weighted by atomic mass is 16.5. The number of carbonyl (C=O) groups is 1. The monoisotopic (exact) mass is 248 g/mol. The van der Waals surface area contributed by atoms with E-state index in [1.54, 1.807) is 7.11 Å². The van der Waals surface area contributed by atoms with Crippen LogP contribution in [0.2, 0.25) is 0 Å². The second-order valence-corrected chi connectivity index (χ2v) is 4.62. The van der Waals surface area contributed by atoms with Crippen molar-refractivity contribution in [3.8, 4) is 0 Å². The Kier molecular flexibility index (Phi) is 4.73. The van der Waals surface area contributed by atoms with E-state index in [4.69, 9.17) is 4.74 Å². The number of hydrogen-bond acceptors (Lipinski definition) is 3. The topological polar surface area (TPSA) is 50.4 Å². The first-order valence-electron chi connectivity index (χ1n) is 6.37. The molecule has 1 aromatic rings. The zero-order valence-corrected chi connectivity index (χ0v) is 10.7. The van der Waals surface area contributed by atoms with Crippen LogP contribution in [-0.2, 0) is 22.7 Å². The molecule has 0 saturated carbocycles. The number of amides is 1. The summed E-state index contributed by atoms with van der Waals surface area (Å²) >= 11 is 0. The Morgan fingerprint density at radius 2 is 2.33 bits per heavy atom. The molecule has 4 heteroatoms. The molecule has 4 nitrogen and oxygen atoms in total. The Hall–Kier alpha value is -1.39. The molecule has 2 rings (SSSR count). The number of ether oxygens (including phenoxy) is 1. The Morgan fingerprint density at radius 1 is 1.50 bits per heavy atom. The zero-order valence-electron chi connectivity index (χ0n) is 10.7. The third kappa shape index (κ3) is 3.55. The second-order valence-electron chi connectivity index (χ2n) is 4.62. The van der Waals surface area contributed by atoms with Crippen LogP contribution in [0.3, 0.4) is 0 Å². The average molecular weight is 248 g/mol. The van der Waals surface area contributed by atoms with Crippen LogP contribution in [0, 0.1) is 0 Å². The van der Waals surface area contributed by atoms with Gasteiger partial charge in [-0.1, -0.05) is 24.3 Å². The molecule has 1 atom stereocenters. The lowest BCUT2D eigenvalue weighted by atomic mass is 10.1. The van der Waals surface area contributed by atoms with Crippen molar-refractivity contribution in [2.24, 2.45) is 0 Å². The van der Waals surface area contributed by atoms with Crippen LogP contribution >= 0.6 is 0 Å². The van der Waals surface area contributed by atoms with Gasteiger partial charge < -0.3 is 15.4 Å². The highest BCUT2D eigenvalue weighted by molar-refractivity contribution is 5.81. The first-order chi connectivity index (χ1) is 8.79. The number of rotatable bonds is 5. The maximum absolute atomic E-state index is 11.8. The van der Waals surface area contributed by atoms with Gasteiger partial charge in [0.15, 0.2) is 0 Å². The van der Waals surface area contributed by atoms with Crippen molar-refractivity contribution in [3.63, 3.8) is 0 Å². The summed E-state index contributed by atoms with van der Waals surface area (Å²) in [5, 5.41) is 6.16. The Morgan fingerprint density at radius 3 is 3.06 bits per heavy atom. The van der Waals surface area contributed by atoms with Crippen molar-refractivity contribution in [1.29, 1.82) is 0 Å². The molecule has 1 aliphatic rings. The van der Waals surface area contributed by atoms with Crippen molar-refractivity contribution >= 4 is 5.91 Å². The van der Waals surface area contributed by atoms with Gasteiger partial charge in [-0.15, -0.1) is 0 Å². The van der Waals surface area contributed by atoms with Crippen LogP contribution in [0.1, 0.15) is 24.0 Å². The lowest BCUT2D eigenvalue weighted by Crippen LogP contribution is -2.40. The Labute approximate surface area is 108 Å². The molecule has 0 unspecified atom stereocenters. The quantitative estimate of drug-likeness (QED) is 0.823. The fourth-order valence-corrected chi connectivity index (χ4v) is 2.22. The van der Waals surface area contributed by atoms with Gasteiger partial charge in [-0.05, 0) is 30.5 Å². The lowest BCUT2D eigenvalue weighted by Gasteiger charge is -2.11. The van der Waals surface area contributed by atoms with Crippen molar-refractivity contribution in [3.05, 3.63) is 35.4 Å². The molecular weight excluding hydrogens is 228 g/mol. The van der Waals surface area contributed by atoms with Crippen LogP contribution in [0.5, 0.6) is 0 Å². The molecule has 2 N–H and O–H groups in total. The van der Waals surface area contributed by atoms with Crippen molar-refractivity contribution in [2.75, 3.05) is 13.7 Å². The van der Waals surface area contributed by atoms with E-state index < -0.39 is 0 Å². The first kappa shape index (κ1) is 13.1. The molecule has 98 valence electrons. The van der Waals surface area contributed by atoms with Gasteiger partial charge in [0.2, 0.25) is 5.91 Å². The van der Waals surface area contributed by atoms with E-state index in [0.29, 0.717) is 13.2 Å². The normalized spacial score (nSPS) is 18.8. The van der Waals surface area contributed by atoms with Gasteiger partial charge in [-0.2, -0.15) is 0 Å². The van der Waals surface area contributed by atoms with Gasteiger partial charge in [0.1, 0.15) is 0 Å². The molecular formula is C14H20N2O2. The number of benzene rings is 1. The average Bonchev–Trinajstić information content (AvgIpc) is 2.91. The molecule has 1 amide bonds. The summed E-state index contributed by atoms with van der Waals surface area (Å²) < 4.78 is 5.09. The van der Waals surface area contributed by atoms with Crippen LogP contribution in [0.15, 0.2) is 24.3 Å². The first-order valence-corrected chi connectivity index (χ1v) is 6.37. The second kappa shape index (κ2) is 6.52. The number of carbonyl (C=O) groups excluding carboxylic acids is 1. The van der Waals surface area contributed by atoms with Crippen LogP contribution < -0.4 is 10.6 Å². The van der Waals surface area contributed by atoms with Gasteiger partial charge in [-0.25, -0.2) is 0 Å². The predicted octanol–water partition coefficient (Wildman–Crippen LogP) is 1.20. The fourth-order valence-electron chi connectivity index (χ4n) is 2.22. The number of nitrogens with one attached hydrogen (secondary N) is 2. The van der Waals surface area contributed by atoms with E-state index in [9.17, 15) is 4.79 Å². The van der Waals surface area contributed by atoms with E-state index in [-0.39, 0.29) is 11.9 Å². The lowest BCUT2D eigenvalue weighted by molar-refractivity contribution is -0.122. The van der Waals surface area contributed by atoms with E-state index in [1.807, 2.05) is 18.2 Å².